The molecular weight excluding hydrogens is 1340 g/mol. The molecule has 8 amide bonds. The highest BCUT2D eigenvalue weighted by Crippen LogP contribution is 2.37. The number of fused-ring (bicyclic) bond motifs is 1. The summed E-state index contributed by atoms with van der Waals surface area (Å²) in [7, 11) is 0. The molecule has 10 heterocycles. The van der Waals surface area contributed by atoms with Gasteiger partial charge in [-0.1, -0.05) is 97.1 Å². The molecule has 7 aromatic rings. The van der Waals surface area contributed by atoms with Crippen molar-refractivity contribution in [2.24, 2.45) is 0 Å². The average Bonchev–Trinajstić information content (AvgIpc) is 0.821. The fourth-order valence-electron chi connectivity index (χ4n) is 12.4. The number of benzene rings is 6. The SMILES string of the molecule is Cc1c2ccc(c1C)C(=O)NCCN1CCNC(=O)c3ccc(c(C)c3C)C(=O)NCCN(CCNC2=O)CCNC(=O)c2ccc(c(OCc3ccccc3)c2OCc2ccccc2)C(=O)NCCN(CC(CCCCNC(=O)OC(C)(C)C)NC(=O)c2cccc(=O)n2OCc2ccccc2)CC1. The summed E-state index contributed by atoms with van der Waals surface area (Å²) >= 11 is 0. The molecule has 0 saturated carbocycles. The van der Waals surface area contributed by atoms with E-state index < -0.39 is 41.0 Å². The number of unbranched alkanes of at least 4 members (excludes halogenated alkanes) is 1. The molecule has 1 unspecified atom stereocenters. The van der Waals surface area contributed by atoms with Gasteiger partial charge in [0.1, 0.15) is 31.1 Å². The Morgan fingerprint density at radius 2 is 0.819 bits per heavy atom. The molecule has 0 saturated heterocycles. The van der Waals surface area contributed by atoms with Crippen LogP contribution in [0.5, 0.6) is 11.5 Å². The summed E-state index contributed by atoms with van der Waals surface area (Å²) in [5, 5.41) is 24.5. The largest absolute Gasteiger partial charge is 0.484 e. The third-order valence-corrected chi connectivity index (χ3v) is 18.4. The van der Waals surface area contributed by atoms with E-state index in [1.807, 2.05) is 95.9 Å². The van der Waals surface area contributed by atoms with Crippen LogP contribution in [0.3, 0.4) is 0 Å². The number of nitrogens with zero attached hydrogens (tertiary/aromatic N) is 4. The minimum absolute atomic E-state index is 0.00268. The third kappa shape index (κ3) is 23.1. The summed E-state index contributed by atoms with van der Waals surface area (Å²) in [5.74, 6) is -3.04. The summed E-state index contributed by atoms with van der Waals surface area (Å²) < 4.78 is 19.8. The van der Waals surface area contributed by atoms with E-state index in [4.69, 9.17) is 19.0 Å². The zero-order valence-electron chi connectivity index (χ0n) is 61.1. The Morgan fingerprint density at radius 1 is 0.438 bits per heavy atom. The van der Waals surface area contributed by atoms with E-state index in [2.05, 4.69) is 52.3 Å². The normalized spacial score (nSPS) is 16.7. The van der Waals surface area contributed by atoms with E-state index in [-0.39, 0.29) is 157 Å². The zero-order valence-corrected chi connectivity index (χ0v) is 61.1. The first kappa shape index (κ1) is 78.3. The van der Waals surface area contributed by atoms with E-state index >= 15 is 4.79 Å². The minimum atomic E-state index is -0.722. The number of hydrogen-bond donors (Lipinski definition) is 8. The lowest BCUT2D eigenvalue weighted by molar-refractivity contribution is 0.0525. The van der Waals surface area contributed by atoms with Crippen molar-refractivity contribution >= 4 is 47.4 Å². The monoisotopic (exact) mass is 1430 g/mol. The van der Waals surface area contributed by atoms with Crippen LogP contribution >= 0.6 is 0 Å². The lowest BCUT2D eigenvalue weighted by Gasteiger charge is -2.31. The van der Waals surface area contributed by atoms with E-state index in [0.29, 0.717) is 83.4 Å². The second-order valence-corrected chi connectivity index (χ2v) is 27.1. The fourth-order valence-corrected chi connectivity index (χ4v) is 12.4. The van der Waals surface area contributed by atoms with E-state index in [1.54, 1.807) is 72.7 Å². The van der Waals surface area contributed by atoms with Crippen molar-refractivity contribution in [2.75, 3.05) is 105 Å². The van der Waals surface area contributed by atoms with Gasteiger partial charge in [-0.3, -0.25) is 53.1 Å². The molecule has 9 aliphatic rings. The number of aromatic nitrogens is 1. The van der Waals surface area contributed by atoms with Crippen molar-refractivity contribution in [3.8, 4) is 11.5 Å². The summed E-state index contributed by atoms with van der Waals surface area (Å²) in [6.07, 6.45) is 0.789. The Morgan fingerprint density at radius 3 is 1.24 bits per heavy atom. The summed E-state index contributed by atoms with van der Waals surface area (Å²) in [6, 6.07) is 41.2. The van der Waals surface area contributed by atoms with Gasteiger partial charge in [-0.15, -0.1) is 4.73 Å². The Balaban J connectivity index is 1.11. The molecule has 8 N–H and O–H groups in total. The van der Waals surface area contributed by atoms with Crippen molar-refractivity contribution in [1.29, 1.82) is 0 Å². The van der Waals surface area contributed by atoms with E-state index in [0.717, 1.165) is 21.4 Å². The highest BCUT2D eigenvalue weighted by Gasteiger charge is 2.29. The number of carbonyl (C=O) groups excluding carboxylic acids is 8. The van der Waals surface area contributed by atoms with Gasteiger partial charge in [-0.25, -0.2) is 4.79 Å². The van der Waals surface area contributed by atoms with Gasteiger partial charge in [0.2, 0.25) is 0 Å². The molecule has 9 aliphatic heterocycles. The fraction of sp³-hybridized carbons (Fsp3) is 0.388. The average molecular weight is 1440 g/mol. The second-order valence-electron chi connectivity index (χ2n) is 27.1. The molecule has 556 valence electrons. The van der Waals surface area contributed by atoms with Gasteiger partial charge in [0.05, 0.1) is 11.1 Å². The Bertz CT molecular complexity index is 4130. The summed E-state index contributed by atoms with van der Waals surface area (Å²) in [5.41, 5.74) is 5.18. The number of alkyl carbamates (subject to hydrolysis) is 1. The van der Waals surface area contributed by atoms with Gasteiger partial charge in [0, 0.05) is 139 Å². The maximum absolute atomic E-state index is 15.2. The van der Waals surface area contributed by atoms with Crippen molar-refractivity contribution in [3.05, 3.63) is 234 Å². The van der Waals surface area contributed by atoms with Crippen LogP contribution in [0.1, 0.15) is 152 Å². The third-order valence-electron chi connectivity index (χ3n) is 18.4. The number of carbonyl (C=O) groups is 8. The lowest BCUT2D eigenvalue weighted by Crippen LogP contribution is -2.49. The van der Waals surface area contributed by atoms with Crippen molar-refractivity contribution in [2.45, 2.75) is 99.2 Å². The van der Waals surface area contributed by atoms with E-state index in [9.17, 15) is 38.4 Å². The first-order chi connectivity index (χ1) is 50.6. The number of nitrogens with one attached hydrogen (secondary N) is 8. The molecule has 0 fully saturated rings. The maximum atomic E-state index is 15.2. The molecule has 105 heavy (non-hydrogen) atoms. The van der Waals surface area contributed by atoms with Gasteiger partial charge in [-0.2, -0.15) is 0 Å². The molecule has 1 aromatic heterocycles. The number of pyridine rings is 1. The summed E-state index contributed by atoms with van der Waals surface area (Å²) in [4.78, 5) is 140. The molecule has 0 radical (unpaired) electrons. The molecule has 25 nitrogen and oxygen atoms in total. The first-order valence-electron chi connectivity index (χ1n) is 35.8. The Kier molecular flexibility index (Phi) is 28.7. The number of rotatable bonds is 18. The summed E-state index contributed by atoms with van der Waals surface area (Å²) in [6.45, 7) is 16.0. The van der Waals surface area contributed by atoms with Gasteiger partial charge >= 0.3 is 6.09 Å². The standard InChI is InChI=1S/C80H98N12O13/c1-54-56(3)64-31-29-62(54)72(94)81-36-42-89-43-37-82-73(95)63-30-32-65(57(4)55(63)2)75(97)84-40-46-90(45-39-83-74(64)96)48-49-91(50-61(26-17-18-35-87-79(101)105-80(5,6)7)88-78(100)68-27-19-28-69(93)92(68)104-53-60-24-15-10-16-25-60)47-41-86-77(99)67-34-33-66(76(98)85-38-44-89)70(102-51-58-20-11-8-12-21-58)71(67)103-52-59-22-13-9-14-23-59/h8-16,19-25,27-34,61H,17-18,26,35-53H2,1-7H3,(H,81,94)(H,82,95)(H,83,96)(H,84,97)(H,85,98)(H,86,99)(H,87,101)(H,88,100). The topological polar surface area (TPSA) is 301 Å². The maximum Gasteiger partial charge on any atom is 0.407 e. The van der Waals surface area contributed by atoms with Crippen LogP contribution < -0.4 is 62.4 Å². The highest BCUT2D eigenvalue weighted by atomic mass is 16.7. The molecule has 1 atom stereocenters. The molecule has 8 bridgehead atoms. The van der Waals surface area contributed by atoms with Crippen LogP contribution in [0.4, 0.5) is 4.79 Å². The highest BCUT2D eigenvalue weighted by molar-refractivity contribution is 6.04. The van der Waals surface area contributed by atoms with Crippen LogP contribution in [-0.2, 0) is 24.6 Å². The smallest absolute Gasteiger partial charge is 0.407 e. The van der Waals surface area contributed by atoms with Crippen LogP contribution in [0.2, 0.25) is 0 Å². The van der Waals surface area contributed by atoms with Gasteiger partial charge < -0.3 is 61.6 Å². The number of hydrogen-bond acceptors (Lipinski definition) is 16. The number of amides is 8. The van der Waals surface area contributed by atoms with E-state index in [1.165, 1.54) is 30.3 Å². The minimum Gasteiger partial charge on any atom is -0.484 e. The molecule has 25 heteroatoms. The Hall–Kier alpha value is -10.9. The molecule has 0 spiro atoms. The molecule has 6 aromatic carbocycles. The molecule has 16 rings (SSSR count). The Labute approximate surface area is 613 Å². The van der Waals surface area contributed by atoms with Gasteiger partial charge in [0.15, 0.2) is 11.5 Å². The first-order valence-corrected chi connectivity index (χ1v) is 35.8. The van der Waals surface area contributed by atoms with Crippen LogP contribution in [0.25, 0.3) is 0 Å². The predicted molar refractivity (Wildman–Crippen MR) is 400 cm³/mol. The second kappa shape index (κ2) is 38.6. The quantitative estimate of drug-likeness (QED) is 0.0398. The van der Waals surface area contributed by atoms with Gasteiger partial charge in [-0.05, 0) is 149 Å². The number of ether oxygens (including phenoxy) is 3. The zero-order chi connectivity index (χ0) is 74.8. The van der Waals surface area contributed by atoms with Crippen LogP contribution in [0, 0.1) is 27.7 Å². The van der Waals surface area contributed by atoms with Crippen molar-refractivity contribution in [1.82, 2.24) is 62.0 Å². The predicted octanol–water partition coefficient (Wildman–Crippen LogP) is 7.07. The lowest BCUT2D eigenvalue weighted by atomic mass is 9.97. The van der Waals surface area contributed by atoms with Crippen molar-refractivity contribution in [3.63, 3.8) is 0 Å². The van der Waals surface area contributed by atoms with Crippen LogP contribution in [0.15, 0.2) is 150 Å². The van der Waals surface area contributed by atoms with Crippen molar-refractivity contribution < 1.29 is 57.4 Å². The van der Waals surface area contributed by atoms with Gasteiger partial charge in [0.25, 0.3) is 46.9 Å². The molecular formula is C80H98N12O13. The van der Waals surface area contributed by atoms with Crippen LogP contribution in [-0.4, -0.2) is 183 Å². The molecule has 0 aliphatic carbocycles.